The molecular formula is C13H23FN2. The van der Waals surface area contributed by atoms with Crippen molar-refractivity contribution in [1.82, 2.24) is 9.80 Å². The molecule has 16 heavy (non-hydrogen) atoms. The molecule has 2 nitrogen and oxygen atoms in total. The zero-order valence-corrected chi connectivity index (χ0v) is 10.3. The third-order valence-corrected chi connectivity index (χ3v) is 4.91. The molecule has 0 aromatic rings. The zero-order chi connectivity index (χ0) is 11.2. The summed E-state index contributed by atoms with van der Waals surface area (Å²) < 4.78 is 14.7. The van der Waals surface area contributed by atoms with Crippen LogP contribution in [0.5, 0.6) is 0 Å². The quantitative estimate of drug-likeness (QED) is 0.711. The molecule has 0 radical (unpaired) electrons. The van der Waals surface area contributed by atoms with E-state index in [4.69, 9.17) is 0 Å². The number of alkyl halides is 1. The van der Waals surface area contributed by atoms with Gasteiger partial charge in [-0.1, -0.05) is 6.42 Å². The van der Waals surface area contributed by atoms with Gasteiger partial charge in [-0.2, -0.15) is 0 Å². The van der Waals surface area contributed by atoms with Crippen LogP contribution in [0.15, 0.2) is 0 Å². The number of hydrogen-bond donors (Lipinski definition) is 0. The lowest BCUT2D eigenvalue weighted by atomic mass is 9.78. The van der Waals surface area contributed by atoms with E-state index < -0.39 is 5.67 Å². The number of piperidine rings is 2. The molecule has 2 atom stereocenters. The van der Waals surface area contributed by atoms with Crippen molar-refractivity contribution < 1.29 is 4.39 Å². The molecule has 0 spiro atoms. The van der Waals surface area contributed by atoms with Gasteiger partial charge in [-0.3, -0.25) is 4.90 Å². The van der Waals surface area contributed by atoms with E-state index >= 15 is 0 Å². The molecule has 0 N–H and O–H groups in total. The first-order valence-electron chi connectivity index (χ1n) is 6.79. The number of hydrogen-bond acceptors (Lipinski definition) is 2. The molecule has 0 aromatic carbocycles. The maximum atomic E-state index is 14.7. The van der Waals surface area contributed by atoms with Crippen molar-refractivity contribution in [2.24, 2.45) is 0 Å². The van der Waals surface area contributed by atoms with Gasteiger partial charge in [0, 0.05) is 31.7 Å². The summed E-state index contributed by atoms with van der Waals surface area (Å²) in [5.74, 6) is 0. The summed E-state index contributed by atoms with van der Waals surface area (Å²) >= 11 is 0. The smallest absolute Gasteiger partial charge is 0.126 e. The number of rotatable bonds is 2. The van der Waals surface area contributed by atoms with Crippen LogP contribution in [0.2, 0.25) is 0 Å². The maximum absolute atomic E-state index is 14.7. The van der Waals surface area contributed by atoms with E-state index in [-0.39, 0.29) is 0 Å². The summed E-state index contributed by atoms with van der Waals surface area (Å²) in [4.78, 5) is 4.71. The number of fused-ring (bicyclic) bond motifs is 2. The van der Waals surface area contributed by atoms with Crippen LogP contribution >= 0.6 is 0 Å². The predicted molar refractivity (Wildman–Crippen MR) is 63.3 cm³/mol. The summed E-state index contributed by atoms with van der Waals surface area (Å²) in [5, 5.41) is 0. The highest BCUT2D eigenvalue weighted by molar-refractivity contribution is 5.01. The Morgan fingerprint density at radius 3 is 2.38 bits per heavy atom. The third kappa shape index (κ3) is 1.88. The maximum Gasteiger partial charge on any atom is 0.126 e. The fourth-order valence-corrected chi connectivity index (χ4v) is 3.66. The van der Waals surface area contributed by atoms with Gasteiger partial charge in [-0.15, -0.1) is 0 Å². The molecule has 0 saturated carbocycles. The Morgan fingerprint density at radius 1 is 1.19 bits per heavy atom. The van der Waals surface area contributed by atoms with Gasteiger partial charge in [0.1, 0.15) is 5.67 Å². The van der Waals surface area contributed by atoms with Crippen molar-refractivity contribution in [1.29, 1.82) is 0 Å². The summed E-state index contributed by atoms with van der Waals surface area (Å²) in [6, 6.07) is 1.46. The van der Waals surface area contributed by atoms with E-state index in [9.17, 15) is 4.39 Å². The minimum atomic E-state index is -0.888. The number of likely N-dealkylation sites (tertiary alicyclic amines) is 1. The van der Waals surface area contributed by atoms with Crippen LogP contribution in [0, 0.1) is 0 Å². The first-order chi connectivity index (χ1) is 7.66. The molecule has 0 aromatic heterocycles. The minimum absolute atomic E-state index is 0.718. The van der Waals surface area contributed by atoms with E-state index in [0.29, 0.717) is 0 Å². The fourth-order valence-electron chi connectivity index (χ4n) is 3.66. The topological polar surface area (TPSA) is 6.48 Å². The van der Waals surface area contributed by atoms with E-state index in [1.807, 2.05) is 0 Å². The van der Waals surface area contributed by atoms with Crippen molar-refractivity contribution in [3.8, 4) is 0 Å². The van der Waals surface area contributed by atoms with Crippen LogP contribution in [-0.4, -0.2) is 54.2 Å². The van der Waals surface area contributed by atoms with E-state index in [2.05, 4.69) is 16.8 Å². The average Bonchev–Trinajstić information content (AvgIpc) is 2.32. The second kappa shape index (κ2) is 3.95. The number of nitrogens with zero attached hydrogens (tertiary/aromatic N) is 2. The molecular weight excluding hydrogens is 203 g/mol. The Hall–Kier alpha value is -0.150. The minimum Gasteiger partial charge on any atom is -0.306 e. The second-order valence-corrected chi connectivity index (χ2v) is 6.10. The van der Waals surface area contributed by atoms with Gasteiger partial charge in [-0.05, 0) is 39.2 Å². The van der Waals surface area contributed by atoms with Gasteiger partial charge in [0.15, 0.2) is 0 Å². The second-order valence-electron chi connectivity index (χ2n) is 6.10. The lowest BCUT2D eigenvalue weighted by Gasteiger charge is -2.55. The van der Waals surface area contributed by atoms with Crippen LogP contribution in [0.4, 0.5) is 4.39 Å². The summed E-state index contributed by atoms with van der Waals surface area (Å²) in [6.45, 7) is 2.58. The summed E-state index contributed by atoms with van der Waals surface area (Å²) in [6.07, 6.45) is 6.81. The highest BCUT2D eigenvalue weighted by Crippen LogP contribution is 2.41. The number of halogens is 1. The van der Waals surface area contributed by atoms with Crippen LogP contribution in [0.3, 0.4) is 0 Å². The third-order valence-electron chi connectivity index (χ3n) is 4.91. The van der Waals surface area contributed by atoms with Crippen molar-refractivity contribution in [2.45, 2.75) is 56.3 Å². The Labute approximate surface area is 97.8 Å². The molecule has 3 fully saturated rings. The van der Waals surface area contributed by atoms with Crippen molar-refractivity contribution in [3.63, 3.8) is 0 Å². The summed E-state index contributed by atoms with van der Waals surface area (Å²) in [5.41, 5.74) is -0.888. The molecule has 0 amide bonds. The molecule has 3 heteroatoms. The molecule has 92 valence electrons. The molecule has 2 unspecified atom stereocenters. The normalized spacial score (nSPS) is 39.4. The van der Waals surface area contributed by atoms with Crippen LogP contribution in [0.25, 0.3) is 0 Å². The van der Waals surface area contributed by atoms with Crippen molar-refractivity contribution in [2.75, 3.05) is 26.7 Å². The molecule has 3 aliphatic heterocycles. The Kier molecular flexibility index (Phi) is 2.71. The summed E-state index contributed by atoms with van der Waals surface area (Å²) in [7, 11) is 2.10. The molecule has 3 rings (SSSR count). The molecule has 3 aliphatic rings. The SMILES string of the molecule is CN1CCC(F)(CN2C3CCCC2C3)CC1. The highest BCUT2D eigenvalue weighted by Gasteiger charge is 2.46. The van der Waals surface area contributed by atoms with Gasteiger partial charge < -0.3 is 4.90 Å². The lowest BCUT2D eigenvalue weighted by molar-refractivity contribution is -0.0772. The van der Waals surface area contributed by atoms with Gasteiger partial charge in [0.25, 0.3) is 0 Å². The molecule has 0 aliphatic carbocycles. The van der Waals surface area contributed by atoms with Crippen LogP contribution in [0.1, 0.15) is 38.5 Å². The molecule has 3 saturated heterocycles. The van der Waals surface area contributed by atoms with E-state index in [0.717, 1.165) is 44.6 Å². The van der Waals surface area contributed by atoms with E-state index in [1.54, 1.807) is 0 Å². The van der Waals surface area contributed by atoms with Gasteiger partial charge in [0.2, 0.25) is 0 Å². The highest BCUT2D eigenvalue weighted by atomic mass is 19.1. The van der Waals surface area contributed by atoms with Crippen molar-refractivity contribution in [3.05, 3.63) is 0 Å². The largest absolute Gasteiger partial charge is 0.306 e. The van der Waals surface area contributed by atoms with Crippen molar-refractivity contribution >= 4 is 0 Å². The first-order valence-corrected chi connectivity index (χ1v) is 6.79. The average molecular weight is 226 g/mol. The van der Waals surface area contributed by atoms with Gasteiger partial charge in [0.05, 0.1) is 0 Å². The Bertz CT molecular complexity index is 247. The fraction of sp³-hybridized carbons (Fsp3) is 1.00. The van der Waals surface area contributed by atoms with Crippen LogP contribution in [-0.2, 0) is 0 Å². The Balaban J connectivity index is 1.58. The van der Waals surface area contributed by atoms with Gasteiger partial charge in [-0.25, -0.2) is 4.39 Å². The van der Waals surface area contributed by atoms with Gasteiger partial charge >= 0.3 is 0 Å². The molecule has 3 heterocycles. The molecule has 2 bridgehead atoms. The predicted octanol–water partition coefficient (Wildman–Crippen LogP) is 2.05. The monoisotopic (exact) mass is 226 g/mol. The Morgan fingerprint density at radius 2 is 1.81 bits per heavy atom. The van der Waals surface area contributed by atoms with Crippen LogP contribution < -0.4 is 0 Å². The lowest BCUT2D eigenvalue weighted by Crippen LogP contribution is -2.62. The first kappa shape index (κ1) is 11.0. The van der Waals surface area contributed by atoms with E-state index in [1.165, 1.54) is 25.7 Å². The standard InChI is InChI=1S/C13H23FN2/c1-15-7-5-13(14,6-8-15)10-16-11-3-2-4-12(16)9-11/h11-12H,2-10H2,1H3. The zero-order valence-electron chi connectivity index (χ0n) is 10.3.